The zero-order valence-corrected chi connectivity index (χ0v) is 9.35. The number of nitrogens with zero attached hydrogens (tertiary/aromatic N) is 1. The van der Waals surface area contributed by atoms with Crippen LogP contribution in [0.5, 0.6) is 0 Å². The van der Waals surface area contributed by atoms with Crippen molar-refractivity contribution in [3.8, 4) is 11.8 Å². The SMILES string of the molecule is Fc1ccc2oc(C#Cc3ccccc3)nc2c1. The van der Waals surface area contributed by atoms with Gasteiger partial charge >= 0.3 is 0 Å². The molecule has 0 aliphatic rings. The van der Waals surface area contributed by atoms with Crippen LogP contribution in [0.2, 0.25) is 0 Å². The number of benzene rings is 2. The highest BCUT2D eigenvalue weighted by Crippen LogP contribution is 2.15. The van der Waals surface area contributed by atoms with Gasteiger partial charge in [-0.25, -0.2) is 9.37 Å². The highest BCUT2D eigenvalue weighted by atomic mass is 19.1. The Hall–Kier alpha value is -2.60. The predicted octanol–water partition coefficient (Wildman–Crippen LogP) is 3.37. The van der Waals surface area contributed by atoms with Gasteiger partial charge in [0.2, 0.25) is 0 Å². The quantitative estimate of drug-likeness (QED) is 0.560. The molecule has 3 aromatic rings. The van der Waals surface area contributed by atoms with E-state index in [2.05, 4.69) is 16.8 Å². The first-order valence-corrected chi connectivity index (χ1v) is 5.44. The molecule has 0 aliphatic carbocycles. The third-order valence-corrected chi connectivity index (χ3v) is 2.44. The molecule has 0 saturated heterocycles. The third-order valence-electron chi connectivity index (χ3n) is 2.44. The van der Waals surface area contributed by atoms with Crippen LogP contribution >= 0.6 is 0 Å². The zero-order valence-electron chi connectivity index (χ0n) is 9.35. The van der Waals surface area contributed by atoms with E-state index < -0.39 is 0 Å². The topological polar surface area (TPSA) is 26.0 Å². The summed E-state index contributed by atoms with van der Waals surface area (Å²) >= 11 is 0. The highest BCUT2D eigenvalue weighted by Gasteiger charge is 2.03. The van der Waals surface area contributed by atoms with Gasteiger partial charge in [-0.15, -0.1) is 0 Å². The van der Waals surface area contributed by atoms with Gasteiger partial charge in [0.15, 0.2) is 5.58 Å². The van der Waals surface area contributed by atoms with Crippen molar-refractivity contribution in [2.75, 3.05) is 0 Å². The fraction of sp³-hybridized carbons (Fsp3) is 0. The largest absolute Gasteiger partial charge is 0.430 e. The molecule has 1 aromatic heterocycles. The van der Waals surface area contributed by atoms with E-state index in [0.29, 0.717) is 17.0 Å². The summed E-state index contributed by atoms with van der Waals surface area (Å²) in [4.78, 5) is 4.11. The second kappa shape index (κ2) is 4.34. The van der Waals surface area contributed by atoms with Gasteiger partial charge in [-0.3, -0.25) is 0 Å². The lowest BCUT2D eigenvalue weighted by Crippen LogP contribution is -1.75. The zero-order chi connectivity index (χ0) is 12.4. The molecule has 0 saturated carbocycles. The Balaban J connectivity index is 1.99. The van der Waals surface area contributed by atoms with Gasteiger partial charge in [0.1, 0.15) is 11.3 Å². The van der Waals surface area contributed by atoms with Crippen molar-refractivity contribution in [2.45, 2.75) is 0 Å². The van der Waals surface area contributed by atoms with Crippen LogP contribution in [0.4, 0.5) is 4.39 Å². The van der Waals surface area contributed by atoms with Crippen LogP contribution in [0.15, 0.2) is 52.9 Å². The molecule has 0 atom stereocenters. The number of hydrogen-bond donors (Lipinski definition) is 0. The summed E-state index contributed by atoms with van der Waals surface area (Å²) in [5, 5.41) is 0. The molecule has 0 unspecified atom stereocenters. The lowest BCUT2D eigenvalue weighted by Gasteiger charge is -1.85. The fourth-order valence-electron chi connectivity index (χ4n) is 1.60. The van der Waals surface area contributed by atoms with Crippen molar-refractivity contribution in [1.82, 2.24) is 4.98 Å². The van der Waals surface area contributed by atoms with Crippen LogP contribution in [0.25, 0.3) is 11.1 Å². The lowest BCUT2D eigenvalue weighted by atomic mass is 10.2. The summed E-state index contributed by atoms with van der Waals surface area (Å²) < 4.78 is 18.4. The van der Waals surface area contributed by atoms with Gasteiger partial charge in [-0.2, -0.15) is 0 Å². The summed E-state index contributed by atoms with van der Waals surface area (Å²) in [6.07, 6.45) is 0. The number of fused-ring (bicyclic) bond motifs is 1. The number of hydrogen-bond acceptors (Lipinski definition) is 2. The molecule has 3 heteroatoms. The van der Waals surface area contributed by atoms with Crippen molar-refractivity contribution in [1.29, 1.82) is 0 Å². The molecule has 0 fully saturated rings. The van der Waals surface area contributed by atoms with E-state index in [9.17, 15) is 4.39 Å². The molecule has 3 rings (SSSR count). The lowest BCUT2D eigenvalue weighted by molar-refractivity contribution is 0.584. The smallest absolute Gasteiger partial charge is 0.274 e. The Bertz CT molecular complexity index is 750. The average molecular weight is 237 g/mol. The normalized spacial score (nSPS) is 10.1. The van der Waals surface area contributed by atoms with Gasteiger partial charge in [0, 0.05) is 11.6 Å². The molecule has 0 radical (unpaired) electrons. The van der Waals surface area contributed by atoms with E-state index in [1.54, 1.807) is 6.07 Å². The Labute approximate surface area is 103 Å². The van der Waals surface area contributed by atoms with Gasteiger partial charge in [-0.05, 0) is 30.2 Å². The molecular formula is C15H8FNO. The van der Waals surface area contributed by atoms with Crippen LogP contribution < -0.4 is 0 Å². The molecule has 2 nitrogen and oxygen atoms in total. The van der Waals surface area contributed by atoms with Gasteiger partial charge in [0.05, 0.1) is 0 Å². The molecule has 0 amide bonds. The maximum Gasteiger partial charge on any atom is 0.274 e. The van der Waals surface area contributed by atoms with E-state index in [-0.39, 0.29) is 5.82 Å². The monoisotopic (exact) mass is 237 g/mol. The van der Waals surface area contributed by atoms with E-state index in [1.165, 1.54) is 12.1 Å². The molecular weight excluding hydrogens is 229 g/mol. The van der Waals surface area contributed by atoms with E-state index >= 15 is 0 Å². The summed E-state index contributed by atoms with van der Waals surface area (Å²) in [7, 11) is 0. The molecule has 86 valence electrons. The van der Waals surface area contributed by atoms with Crippen molar-refractivity contribution < 1.29 is 8.81 Å². The minimum atomic E-state index is -0.335. The summed E-state index contributed by atoms with van der Waals surface area (Å²) in [5.74, 6) is 5.71. The Morgan fingerprint density at radius 2 is 1.83 bits per heavy atom. The summed E-state index contributed by atoms with van der Waals surface area (Å²) in [6, 6.07) is 13.7. The highest BCUT2D eigenvalue weighted by molar-refractivity contribution is 5.73. The van der Waals surface area contributed by atoms with Crippen LogP contribution in [-0.4, -0.2) is 4.98 Å². The van der Waals surface area contributed by atoms with Crippen molar-refractivity contribution in [2.24, 2.45) is 0 Å². The van der Waals surface area contributed by atoms with Crippen LogP contribution in [-0.2, 0) is 0 Å². The number of rotatable bonds is 0. The van der Waals surface area contributed by atoms with Crippen molar-refractivity contribution in [3.63, 3.8) is 0 Å². The molecule has 18 heavy (non-hydrogen) atoms. The Morgan fingerprint density at radius 1 is 1.00 bits per heavy atom. The predicted molar refractivity (Wildman–Crippen MR) is 66.4 cm³/mol. The molecule has 0 bridgehead atoms. The van der Waals surface area contributed by atoms with Gasteiger partial charge < -0.3 is 4.42 Å². The molecule has 2 aromatic carbocycles. The third kappa shape index (κ3) is 2.09. The van der Waals surface area contributed by atoms with E-state index in [4.69, 9.17) is 4.42 Å². The van der Waals surface area contributed by atoms with E-state index in [0.717, 1.165) is 5.56 Å². The summed E-state index contributed by atoms with van der Waals surface area (Å²) in [6.45, 7) is 0. The maximum absolute atomic E-state index is 13.0. The molecule has 1 heterocycles. The Morgan fingerprint density at radius 3 is 2.67 bits per heavy atom. The van der Waals surface area contributed by atoms with E-state index in [1.807, 2.05) is 30.3 Å². The number of aromatic nitrogens is 1. The van der Waals surface area contributed by atoms with Crippen molar-refractivity contribution >= 4 is 11.1 Å². The first-order valence-electron chi connectivity index (χ1n) is 5.44. The molecule has 0 aliphatic heterocycles. The standard InChI is InChI=1S/C15H8FNO/c16-12-7-8-14-13(10-12)17-15(18-14)9-6-11-4-2-1-3-5-11/h1-5,7-8,10H. The van der Waals surface area contributed by atoms with Crippen molar-refractivity contribution in [3.05, 3.63) is 65.8 Å². The van der Waals surface area contributed by atoms with Crippen LogP contribution in [0, 0.1) is 17.7 Å². The maximum atomic E-state index is 13.0. The second-order valence-electron chi connectivity index (χ2n) is 3.75. The minimum absolute atomic E-state index is 0.291. The first kappa shape index (κ1) is 10.5. The van der Waals surface area contributed by atoms with Gasteiger partial charge in [-0.1, -0.05) is 24.1 Å². The minimum Gasteiger partial charge on any atom is -0.430 e. The number of halogens is 1. The second-order valence-corrected chi connectivity index (χ2v) is 3.75. The average Bonchev–Trinajstić information content (AvgIpc) is 2.79. The van der Waals surface area contributed by atoms with Crippen LogP contribution in [0.1, 0.15) is 11.5 Å². The molecule has 0 spiro atoms. The fourth-order valence-corrected chi connectivity index (χ4v) is 1.60. The van der Waals surface area contributed by atoms with Gasteiger partial charge in [0.25, 0.3) is 5.89 Å². The Kier molecular flexibility index (Phi) is 2.54. The molecule has 0 N–H and O–H groups in total. The first-order chi connectivity index (χ1) is 8.81. The summed E-state index contributed by atoms with van der Waals surface area (Å²) in [5.41, 5.74) is 1.90. The number of oxazole rings is 1. The van der Waals surface area contributed by atoms with Crippen LogP contribution in [0.3, 0.4) is 0 Å².